The van der Waals surface area contributed by atoms with E-state index in [1.54, 1.807) is 28.5 Å². The minimum absolute atomic E-state index is 0.00179. The molecular weight excluding hydrogens is 538 g/mol. The fourth-order valence-corrected chi connectivity index (χ4v) is 6.47. The summed E-state index contributed by atoms with van der Waals surface area (Å²) >= 11 is 0. The fraction of sp³-hybridized carbons (Fsp3) is 0.433. The summed E-state index contributed by atoms with van der Waals surface area (Å²) in [5, 5.41) is 27.1. The molecule has 2 aromatic carbocycles. The number of para-hydroxylation sites is 2. The Morgan fingerprint density at radius 3 is 2.43 bits per heavy atom. The van der Waals surface area contributed by atoms with E-state index in [9.17, 15) is 24.8 Å². The first kappa shape index (κ1) is 27.9. The van der Waals surface area contributed by atoms with Crippen LogP contribution in [0.4, 0.5) is 5.69 Å². The minimum Gasteiger partial charge on any atom is -0.390 e. The van der Waals surface area contributed by atoms with E-state index in [2.05, 4.69) is 4.90 Å². The summed E-state index contributed by atoms with van der Waals surface area (Å²) in [7, 11) is 1.81. The number of carbonyl (C=O) groups is 1. The second-order valence-corrected chi connectivity index (χ2v) is 11.3. The number of nitro benzene ring substituents is 1. The Bertz CT molecular complexity index is 1700. The number of imidazole rings is 1. The lowest BCUT2D eigenvalue weighted by molar-refractivity contribution is -0.384. The molecule has 0 radical (unpaired) electrons. The maximum atomic E-state index is 13.0. The molecular formula is C30H35N7O5. The number of rotatable bonds is 7. The Morgan fingerprint density at radius 1 is 1.07 bits per heavy atom. The van der Waals surface area contributed by atoms with Gasteiger partial charge in [0.2, 0.25) is 5.91 Å². The first-order chi connectivity index (χ1) is 20.2. The van der Waals surface area contributed by atoms with Crippen LogP contribution in [0, 0.1) is 10.1 Å². The van der Waals surface area contributed by atoms with Crippen molar-refractivity contribution < 1.29 is 14.8 Å². The topological polar surface area (TPSA) is 132 Å². The molecule has 1 unspecified atom stereocenters. The molecule has 1 fully saturated rings. The van der Waals surface area contributed by atoms with Crippen LogP contribution in [0.15, 0.2) is 53.3 Å². The standard InChI is InChI=1S/C30H35N7O5/c1-20(38)34-16-13-26-25(19-34)29(21-7-9-23(10-8-21)37(41)42)31-35(26)18-24(39)17-33-14-11-22(12-15-33)36-28-6-4-3-5-27(28)32(2)30(36)40/h3-10,22,24,39H,11-19H2,1-2H3. The summed E-state index contributed by atoms with van der Waals surface area (Å²) in [6.45, 7) is 4.87. The third kappa shape index (κ3) is 5.12. The van der Waals surface area contributed by atoms with E-state index in [0.29, 0.717) is 38.3 Å². The normalized spacial score (nSPS) is 17.0. The molecule has 220 valence electrons. The molecule has 12 nitrogen and oxygen atoms in total. The van der Waals surface area contributed by atoms with Gasteiger partial charge in [0, 0.05) is 88.1 Å². The zero-order chi connectivity index (χ0) is 29.5. The second-order valence-electron chi connectivity index (χ2n) is 11.3. The SMILES string of the molecule is CC(=O)N1CCc2c(c(-c3ccc([N+](=O)[O-])cc3)nn2CC(O)CN2CCC(n3c(=O)n(C)c4ccccc43)CC2)C1. The smallest absolute Gasteiger partial charge is 0.329 e. The highest BCUT2D eigenvalue weighted by molar-refractivity contribution is 5.76. The number of hydrogen-bond donors (Lipinski definition) is 1. The van der Waals surface area contributed by atoms with E-state index in [1.165, 1.54) is 12.1 Å². The van der Waals surface area contributed by atoms with Crippen molar-refractivity contribution in [3.05, 3.63) is 80.4 Å². The Labute approximate surface area is 242 Å². The number of carbonyl (C=O) groups excluding carboxylic acids is 1. The Balaban J connectivity index is 1.16. The molecule has 0 saturated carbocycles. The van der Waals surface area contributed by atoms with Crippen LogP contribution in [0.5, 0.6) is 0 Å². The van der Waals surface area contributed by atoms with Gasteiger partial charge in [-0.25, -0.2) is 4.79 Å². The summed E-state index contributed by atoms with van der Waals surface area (Å²) < 4.78 is 5.47. The maximum Gasteiger partial charge on any atom is 0.329 e. The molecule has 0 spiro atoms. The van der Waals surface area contributed by atoms with Gasteiger partial charge in [-0.2, -0.15) is 5.10 Å². The van der Waals surface area contributed by atoms with Crippen LogP contribution in [-0.4, -0.2) is 76.9 Å². The fourth-order valence-electron chi connectivity index (χ4n) is 6.47. The average molecular weight is 574 g/mol. The van der Waals surface area contributed by atoms with Crippen LogP contribution in [0.25, 0.3) is 22.3 Å². The van der Waals surface area contributed by atoms with E-state index in [4.69, 9.17) is 5.10 Å². The molecule has 1 amide bonds. The maximum absolute atomic E-state index is 13.0. The van der Waals surface area contributed by atoms with Crippen molar-refractivity contribution in [1.29, 1.82) is 0 Å². The molecule has 1 atom stereocenters. The number of aromatic nitrogens is 4. The Kier molecular flexibility index (Phi) is 7.42. The second kappa shape index (κ2) is 11.2. The van der Waals surface area contributed by atoms with E-state index in [-0.39, 0.29) is 23.3 Å². The molecule has 2 aromatic heterocycles. The first-order valence-corrected chi connectivity index (χ1v) is 14.4. The number of hydrogen-bond acceptors (Lipinski definition) is 7. The third-order valence-corrected chi connectivity index (χ3v) is 8.70. The van der Waals surface area contributed by atoms with E-state index >= 15 is 0 Å². The van der Waals surface area contributed by atoms with Gasteiger partial charge in [-0.3, -0.25) is 28.7 Å². The molecule has 1 N–H and O–H groups in total. The van der Waals surface area contributed by atoms with Crippen molar-refractivity contribution in [3.63, 3.8) is 0 Å². The van der Waals surface area contributed by atoms with E-state index < -0.39 is 11.0 Å². The lowest BCUT2D eigenvalue weighted by atomic mass is 10.0. The quantitative estimate of drug-likeness (QED) is 0.266. The van der Waals surface area contributed by atoms with Crippen LogP contribution >= 0.6 is 0 Å². The van der Waals surface area contributed by atoms with E-state index in [1.807, 2.05) is 40.6 Å². The van der Waals surface area contributed by atoms with Crippen LogP contribution in [0.2, 0.25) is 0 Å². The number of benzene rings is 2. The highest BCUT2D eigenvalue weighted by Gasteiger charge is 2.29. The summed E-state index contributed by atoms with van der Waals surface area (Å²) in [6.07, 6.45) is 1.60. The van der Waals surface area contributed by atoms with Crippen molar-refractivity contribution in [1.82, 2.24) is 28.7 Å². The number of aliphatic hydroxyl groups is 1. The molecule has 6 rings (SSSR count). The van der Waals surface area contributed by atoms with Gasteiger partial charge in [0.1, 0.15) is 0 Å². The van der Waals surface area contributed by atoms with Crippen LogP contribution in [-0.2, 0) is 31.4 Å². The predicted molar refractivity (Wildman–Crippen MR) is 157 cm³/mol. The van der Waals surface area contributed by atoms with E-state index in [0.717, 1.165) is 53.8 Å². The van der Waals surface area contributed by atoms with Crippen molar-refractivity contribution >= 4 is 22.6 Å². The average Bonchev–Trinajstić information content (AvgIpc) is 3.47. The van der Waals surface area contributed by atoms with Crippen molar-refractivity contribution in [2.24, 2.45) is 7.05 Å². The number of piperidine rings is 1. The monoisotopic (exact) mass is 573 g/mol. The lowest BCUT2D eigenvalue weighted by Crippen LogP contribution is -2.42. The Hall–Kier alpha value is -4.29. The number of nitrogens with zero attached hydrogens (tertiary/aromatic N) is 7. The molecule has 1 saturated heterocycles. The van der Waals surface area contributed by atoms with Gasteiger partial charge in [0.25, 0.3) is 5.69 Å². The Morgan fingerprint density at radius 2 is 1.76 bits per heavy atom. The lowest BCUT2D eigenvalue weighted by Gasteiger charge is -2.33. The first-order valence-electron chi connectivity index (χ1n) is 14.4. The predicted octanol–water partition coefficient (Wildman–Crippen LogP) is 2.71. The number of amides is 1. The number of likely N-dealkylation sites (tertiary alicyclic amines) is 1. The number of non-ortho nitro benzene ring substituents is 1. The minimum atomic E-state index is -0.665. The molecule has 4 heterocycles. The molecule has 2 aliphatic heterocycles. The summed E-state index contributed by atoms with van der Waals surface area (Å²) in [5.41, 5.74) is 5.21. The van der Waals surface area contributed by atoms with Crippen LogP contribution in [0.3, 0.4) is 0 Å². The van der Waals surface area contributed by atoms with Gasteiger partial charge < -0.3 is 14.9 Å². The van der Waals surface area contributed by atoms with Crippen molar-refractivity contribution in [2.75, 3.05) is 26.2 Å². The summed E-state index contributed by atoms with van der Waals surface area (Å²) in [4.78, 5) is 39.8. The van der Waals surface area contributed by atoms with Gasteiger partial charge >= 0.3 is 5.69 Å². The van der Waals surface area contributed by atoms with Gasteiger partial charge in [0.05, 0.1) is 34.3 Å². The molecule has 0 aliphatic carbocycles. The molecule has 2 aliphatic rings. The molecule has 0 bridgehead atoms. The zero-order valence-electron chi connectivity index (χ0n) is 23.8. The highest BCUT2D eigenvalue weighted by Crippen LogP contribution is 2.32. The molecule has 12 heteroatoms. The summed E-state index contributed by atoms with van der Waals surface area (Å²) in [5.74, 6) is -0.0164. The van der Waals surface area contributed by atoms with Crippen molar-refractivity contribution in [3.8, 4) is 11.3 Å². The summed E-state index contributed by atoms with van der Waals surface area (Å²) in [6, 6.07) is 14.3. The van der Waals surface area contributed by atoms with Crippen molar-refractivity contribution in [2.45, 2.75) is 51.4 Å². The highest BCUT2D eigenvalue weighted by atomic mass is 16.6. The van der Waals surface area contributed by atoms with Crippen LogP contribution < -0.4 is 5.69 Å². The van der Waals surface area contributed by atoms with Gasteiger partial charge in [-0.15, -0.1) is 0 Å². The van der Waals surface area contributed by atoms with Gasteiger partial charge in [0.15, 0.2) is 0 Å². The number of aliphatic hydroxyl groups excluding tert-OH is 1. The molecule has 4 aromatic rings. The van der Waals surface area contributed by atoms with Crippen LogP contribution in [0.1, 0.15) is 37.1 Å². The zero-order valence-corrected chi connectivity index (χ0v) is 23.8. The van der Waals surface area contributed by atoms with Gasteiger partial charge in [-0.1, -0.05) is 12.1 Å². The number of fused-ring (bicyclic) bond motifs is 2. The largest absolute Gasteiger partial charge is 0.390 e. The molecule has 42 heavy (non-hydrogen) atoms. The third-order valence-electron chi connectivity index (χ3n) is 8.70. The number of aryl methyl sites for hydroxylation is 1. The number of nitro groups is 1. The number of β-amino-alcohol motifs (C(OH)–C–C–N with tert-alkyl or cyclic N) is 1. The van der Waals surface area contributed by atoms with Gasteiger partial charge in [-0.05, 0) is 37.1 Å².